The van der Waals surface area contributed by atoms with E-state index >= 15 is 0 Å². The minimum absolute atomic E-state index is 0.00188. The maximum Gasteiger partial charge on any atom is 0.193 e. The lowest BCUT2D eigenvalue weighted by Crippen LogP contribution is -2.45. The summed E-state index contributed by atoms with van der Waals surface area (Å²) < 4.78 is 0. The van der Waals surface area contributed by atoms with E-state index in [1.807, 2.05) is 60.9 Å². The Morgan fingerprint density at radius 3 is 2.24 bits per heavy atom. The van der Waals surface area contributed by atoms with E-state index in [1.54, 1.807) is 0 Å². The highest BCUT2D eigenvalue weighted by molar-refractivity contribution is 7.80. The second-order valence-corrected chi connectivity index (χ2v) is 10.2. The molecule has 4 nitrogen and oxygen atoms in total. The number of pyridine rings is 1. The molecule has 1 fully saturated rings. The molecule has 5 heteroatoms. The summed E-state index contributed by atoms with van der Waals surface area (Å²) in [4.78, 5) is 17.2. The summed E-state index contributed by atoms with van der Waals surface area (Å²) in [6, 6.07) is 19.5. The third kappa shape index (κ3) is 5.31. The van der Waals surface area contributed by atoms with E-state index in [1.165, 1.54) is 11.1 Å². The second-order valence-electron chi connectivity index (χ2n) is 9.84. The predicted molar refractivity (Wildman–Crippen MR) is 139 cm³/mol. The van der Waals surface area contributed by atoms with Gasteiger partial charge in [0.25, 0.3) is 0 Å². The molecule has 0 saturated heterocycles. The number of ketones is 1. The number of hydrogen-bond acceptors (Lipinski definition) is 3. The lowest BCUT2D eigenvalue weighted by Gasteiger charge is -2.32. The van der Waals surface area contributed by atoms with Crippen molar-refractivity contribution in [1.82, 2.24) is 10.3 Å². The molecule has 2 N–H and O–H groups in total. The number of rotatable bonds is 5. The molecular weight excluding hydrogens is 426 g/mol. The summed E-state index contributed by atoms with van der Waals surface area (Å²) >= 11 is 5.67. The first-order chi connectivity index (χ1) is 15.8. The summed E-state index contributed by atoms with van der Waals surface area (Å²) in [7, 11) is 0. The summed E-state index contributed by atoms with van der Waals surface area (Å²) in [5, 5.41) is 7.42. The molecule has 33 heavy (non-hydrogen) atoms. The number of hydrogen-bond donors (Lipinski definition) is 2. The van der Waals surface area contributed by atoms with Gasteiger partial charge in [0.05, 0.1) is 5.54 Å². The molecule has 0 radical (unpaired) electrons. The van der Waals surface area contributed by atoms with Crippen LogP contribution in [0.25, 0.3) is 0 Å². The van der Waals surface area contributed by atoms with Gasteiger partial charge in [-0.3, -0.25) is 9.78 Å². The molecular formula is C28H31N3OS. The molecule has 170 valence electrons. The second kappa shape index (κ2) is 9.44. The number of carbonyl (C=O) groups is 1. The van der Waals surface area contributed by atoms with Crippen LogP contribution in [-0.2, 0) is 11.0 Å². The van der Waals surface area contributed by atoms with Gasteiger partial charge < -0.3 is 10.6 Å². The van der Waals surface area contributed by atoms with Gasteiger partial charge in [0.1, 0.15) is 0 Å². The maximum absolute atomic E-state index is 13.1. The van der Waals surface area contributed by atoms with Gasteiger partial charge in [-0.05, 0) is 65.9 Å². The minimum Gasteiger partial charge on any atom is -0.353 e. The van der Waals surface area contributed by atoms with Crippen LogP contribution < -0.4 is 10.6 Å². The fraction of sp³-hybridized carbons (Fsp3) is 0.321. The number of benzene rings is 2. The van der Waals surface area contributed by atoms with Crippen molar-refractivity contribution in [2.45, 2.75) is 57.4 Å². The Kier molecular flexibility index (Phi) is 6.61. The van der Waals surface area contributed by atoms with E-state index in [-0.39, 0.29) is 16.7 Å². The first-order valence-corrected chi connectivity index (χ1v) is 11.9. The lowest BCUT2D eigenvalue weighted by atomic mass is 9.86. The molecule has 0 spiro atoms. The zero-order valence-corrected chi connectivity index (χ0v) is 20.3. The third-order valence-corrected chi connectivity index (χ3v) is 6.64. The van der Waals surface area contributed by atoms with Crippen molar-refractivity contribution < 1.29 is 4.79 Å². The van der Waals surface area contributed by atoms with Crippen molar-refractivity contribution in [2.24, 2.45) is 0 Å². The first kappa shape index (κ1) is 23.1. The van der Waals surface area contributed by atoms with Gasteiger partial charge in [-0.2, -0.15) is 0 Å². The van der Waals surface area contributed by atoms with Crippen molar-refractivity contribution in [1.29, 1.82) is 0 Å². The molecule has 1 aliphatic rings. The highest BCUT2D eigenvalue weighted by Gasteiger charge is 2.36. The van der Waals surface area contributed by atoms with Gasteiger partial charge in [0.2, 0.25) is 0 Å². The van der Waals surface area contributed by atoms with Crippen molar-refractivity contribution in [3.8, 4) is 0 Å². The zero-order valence-electron chi connectivity index (χ0n) is 19.5. The Morgan fingerprint density at radius 2 is 1.61 bits per heavy atom. The highest BCUT2D eigenvalue weighted by Crippen LogP contribution is 2.38. The number of aromatic nitrogens is 1. The Balaban J connectivity index is 1.48. The third-order valence-electron chi connectivity index (χ3n) is 6.44. The molecule has 0 unspecified atom stereocenters. The van der Waals surface area contributed by atoms with E-state index in [4.69, 9.17) is 12.2 Å². The Morgan fingerprint density at radius 1 is 0.939 bits per heavy atom. The average Bonchev–Trinajstić information content (AvgIpc) is 3.28. The molecule has 0 bridgehead atoms. The van der Waals surface area contributed by atoms with E-state index in [0.29, 0.717) is 16.2 Å². The van der Waals surface area contributed by atoms with Crippen molar-refractivity contribution in [3.63, 3.8) is 0 Å². The fourth-order valence-electron chi connectivity index (χ4n) is 4.54. The summed E-state index contributed by atoms with van der Waals surface area (Å²) in [6.07, 6.45) is 8.04. The summed E-state index contributed by atoms with van der Waals surface area (Å²) in [5.41, 5.74) is 4.42. The van der Waals surface area contributed by atoms with E-state index in [0.717, 1.165) is 31.4 Å². The van der Waals surface area contributed by atoms with Gasteiger partial charge >= 0.3 is 0 Å². The van der Waals surface area contributed by atoms with Crippen molar-refractivity contribution in [2.75, 3.05) is 5.32 Å². The van der Waals surface area contributed by atoms with Crippen LogP contribution in [0.2, 0.25) is 0 Å². The Labute approximate surface area is 201 Å². The quantitative estimate of drug-likeness (QED) is 0.345. The van der Waals surface area contributed by atoms with Crippen LogP contribution in [0, 0.1) is 0 Å². The van der Waals surface area contributed by atoms with Crippen LogP contribution in [0.5, 0.6) is 0 Å². The van der Waals surface area contributed by atoms with Gasteiger partial charge in [-0.15, -0.1) is 0 Å². The molecule has 3 aromatic rings. The normalized spacial score (nSPS) is 15.1. The summed E-state index contributed by atoms with van der Waals surface area (Å²) in [6.45, 7) is 6.50. The van der Waals surface area contributed by atoms with E-state index < -0.39 is 0 Å². The van der Waals surface area contributed by atoms with Crippen LogP contribution in [0.3, 0.4) is 0 Å². The largest absolute Gasteiger partial charge is 0.353 e. The number of thiocarbonyl (C=S) groups is 1. The van der Waals surface area contributed by atoms with E-state index in [9.17, 15) is 4.79 Å². The monoisotopic (exact) mass is 457 g/mol. The lowest BCUT2D eigenvalue weighted by molar-refractivity contribution is 0.103. The molecule has 1 aromatic heterocycles. The number of anilines is 1. The van der Waals surface area contributed by atoms with E-state index in [2.05, 4.69) is 48.5 Å². The fourth-order valence-corrected chi connectivity index (χ4v) is 4.85. The number of nitrogens with zero attached hydrogens (tertiary/aromatic N) is 1. The van der Waals surface area contributed by atoms with Gasteiger partial charge in [0.15, 0.2) is 10.9 Å². The SMILES string of the molecule is CC(C)(C)c1ccc(C(=O)c2cccc(NC(=S)NC3(c4ccncc4)CCCC3)c2)cc1. The molecule has 1 saturated carbocycles. The minimum atomic E-state index is -0.171. The molecule has 2 aromatic carbocycles. The number of nitrogens with one attached hydrogen (secondary N) is 2. The Hall–Kier alpha value is -3.05. The maximum atomic E-state index is 13.1. The van der Waals surface area contributed by atoms with Crippen LogP contribution in [-0.4, -0.2) is 15.9 Å². The van der Waals surface area contributed by atoms with Crippen molar-refractivity contribution in [3.05, 3.63) is 95.3 Å². The Bertz CT molecular complexity index is 1130. The van der Waals surface area contributed by atoms with Crippen LogP contribution in [0.4, 0.5) is 5.69 Å². The predicted octanol–water partition coefficient (Wildman–Crippen LogP) is 6.37. The topological polar surface area (TPSA) is 54.0 Å². The van der Waals surface area contributed by atoms with Crippen LogP contribution >= 0.6 is 12.2 Å². The van der Waals surface area contributed by atoms with Crippen molar-refractivity contribution >= 4 is 28.8 Å². The number of carbonyl (C=O) groups excluding carboxylic acids is 1. The highest BCUT2D eigenvalue weighted by atomic mass is 32.1. The summed E-state index contributed by atoms with van der Waals surface area (Å²) in [5.74, 6) is 0.00188. The van der Waals surface area contributed by atoms with Gasteiger partial charge in [0, 0.05) is 29.2 Å². The molecule has 0 amide bonds. The van der Waals surface area contributed by atoms with Gasteiger partial charge in [-0.25, -0.2) is 0 Å². The molecule has 4 rings (SSSR count). The standard InChI is InChI=1S/C28H31N3OS/c1-27(2,3)22-11-9-20(10-12-22)25(32)21-7-6-8-24(19-21)30-26(33)31-28(15-4-5-16-28)23-13-17-29-18-14-23/h6-14,17-19H,4-5,15-16H2,1-3H3,(H2,30,31,33). The molecule has 0 atom stereocenters. The van der Waals surface area contributed by atoms with Crippen LogP contribution in [0.15, 0.2) is 73.1 Å². The smallest absolute Gasteiger partial charge is 0.193 e. The zero-order chi connectivity index (χ0) is 23.5. The molecule has 1 heterocycles. The molecule has 0 aliphatic heterocycles. The first-order valence-electron chi connectivity index (χ1n) is 11.5. The molecule has 1 aliphatic carbocycles. The van der Waals surface area contributed by atoms with Crippen LogP contribution in [0.1, 0.15) is 73.5 Å². The van der Waals surface area contributed by atoms with Gasteiger partial charge in [-0.1, -0.05) is 70.0 Å². The average molecular weight is 458 g/mol.